The Hall–Kier alpha value is -1.26. The molecule has 80 valence electrons. The first-order valence-electron chi connectivity index (χ1n) is 4.74. The van der Waals surface area contributed by atoms with Gasteiger partial charge < -0.3 is 15.3 Å². The molecule has 5 nitrogen and oxygen atoms in total. The van der Waals surface area contributed by atoms with Crippen molar-refractivity contribution in [3.8, 4) is 0 Å². The summed E-state index contributed by atoms with van der Waals surface area (Å²) < 4.78 is 0. The molecule has 0 aromatic carbocycles. The Morgan fingerprint density at radius 1 is 1.43 bits per heavy atom. The molecule has 0 aromatic rings. The van der Waals surface area contributed by atoms with Gasteiger partial charge >= 0.3 is 12.0 Å². The first kappa shape index (κ1) is 10.8. The minimum Gasteiger partial charge on any atom is -0.481 e. The van der Waals surface area contributed by atoms with E-state index in [1.54, 1.807) is 11.9 Å². The van der Waals surface area contributed by atoms with Crippen LogP contribution < -0.4 is 5.32 Å². The highest BCUT2D eigenvalue weighted by Crippen LogP contribution is 2.21. The van der Waals surface area contributed by atoms with Crippen molar-refractivity contribution in [1.29, 1.82) is 0 Å². The monoisotopic (exact) mass is 200 g/mol. The van der Waals surface area contributed by atoms with Gasteiger partial charge in [-0.15, -0.1) is 0 Å². The minimum absolute atomic E-state index is 0.192. The van der Waals surface area contributed by atoms with E-state index in [0.29, 0.717) is 19.5 Å². The van der Waals surface area contributed by atoms with Gasteiger partial charge in [-0.2, -0.15) is 0 Å². The number of nitrogens with zero attached hydrogens (tertiary/aromatic N) is 1. The maximum Gasteiger partial charge on any atom is 0.317 e. The van der Waals surface area contributed by atoms with Gasteiger partial charge in [0.2, 0.25) is 0 Å². The molecule has 2 atom stereocenters. The Morgan fingerprint density at radius 2 is 2.07 bits per heavy atom. The maximum absolute atomic E-state index is 11.3. The molecule has 0 radical (unpaired) electrons. The van der Waals surface area contributed by atoms with Crippen LogP contribution in [0.2, 0.25) is 0 Å². The number of carboxylic acid groups (broad SMARTS) is 1. The second-order valence-corrected chi connectivity index (χ2v) is 3.84. The molecule has 0 bridgehead atoms. The Bertz CT molecular complexity index is 242. The van der Waals surface area contributed by atoms with Crippen LogP contribution in [-0.2, 0) is 4.79 Å². The van der Waals surface area contributed by atoms with Gasteiger partial charge in [0.15, 0.2) is 0 Å². The lowest BCUT2D eigenvalue weighted by molar-refractivity contribution is -0.143. The molecule has 2 N–H and O–H groups in total. The molecule has 1 rings (SSSR count). The van der Waals surface area contributed by atoms with Crippen LogP contribution >= 0.6 is 0 Å². The highest BCUT2D eigenvalue weighted by atomic mass is 16.4. The molecular formula is C9H16N2O3. The van der Waals surface area contributed by atoms with E-state index in [4.69, 9.17) is 5.11 Å². The van der Waals surface area contributed by atoms with Gasteiger partial charge in [0, 0.05) is 20.1 Å². The lowest BCUT2D eigenvalue weighted by Crippen LogP contribution is -2.48. The summed E-state index contributed by atoms with van der Waals surface area (Å²) >= 11 is 0. The number of hydrogen-bond donors (Lipinski definition) is 2. The van der Waals surface area contributed by atoms with E-state index in [9.17, 15) is 9.59 Å². The van der Waals surface area contributed by atoms with Crippen molar-refractivity contribution in [1.82, 2.24) is 10.2 Å². The van der Waals surface area contributed by atoms with Gasteiger partial charge in [0.05, 0.1) is 5.92 Å². The van der Waals surface area contributed by atoms with Crippen molar-refractivity contribution in [2.24, 2.45) is 11.8 Å². The lowest BCUT2D eigenvalue weighted by atomic mass is 9.91. The summed E-state index contributed by atoms with van der Waals surface area (Å²) in [5.74, 6) is -0.983. The minimum atomic E-state index is -0.814. The lowest BCUT2D eigenvalue weighted by Gasteiger charge is -2.34. The number of urea groups is 1. The number of rotatable bonds is 1. The first-order chi connectivity index (χ1) is 6.54. The summed E-state index contributed by atoms with van der Waals surface area (Å²) in [6, 6.07) is -0.192. The standard InChI is InChI=1S/C9H16N2O3/c1-6-3-7(8(12)13)5-11(4-6)9(14)10-2/h6-7H,3-5H2,1-2H3,(H,10,14)(H,12,13). The highest BCUT2D eigenvalue weighted by Gasteiger charge is 2.31. The van der Waals surface area contributed by atoms with Crippen molar-refractivity contribution < 1.29 is 14.7 Å². The molecule has 1 aliphatic heterocycles. The van der Waals surface area contributed by atoms with Gasteiger partial charge in [0.1, 0.15) is 0 Å². The SMILES string of the molecule is CNC(=O)N1CC(C)CC(C(=O)O)C1. The van der Waals surface area contributed by atoms with Crippen LogP contribution in [0, 0.1) is 11.8 Å². The normalized spacial score (nSPS) is 27.1. The zero-order chi connectivity index (χ0) is 10.7. The highest BCUT2D eigenvalue weighted by molar-refractivity contribution is 5.76. The number of piperidine rings is 1. The number of carboxylic acids is 1. The molecule has 1 aliphatic rings. The number of aliphatic carboxylic acids is 1. The number of hydrogen-bond acceptors (Lipinski definition) is 2. The molecule has 0 aliphatic carbocycles. The molecule has 1 heterocycles. The largest absolute Gasteiger partial charge is 0.481 e. The number of amides is 2. The Kier molecular flexibility index (Phi) is 3.33. The molecule has 2 amide bonds. The summed E-state index contributed by atoms with van der Waals surface area (Å²) in [7, 11) is 1.55. The molecule has 1 fully saturated rings. The van der Waals surface area contributed by atoms with E-state index in [-0.39, 0.29) is 11.9 Å². The number of nitrogens with one attached hydrogen (secondary N) is 1. The second-order valence-electron chi connectivity index (χ2n) is 3.84. The van der Waals surface area contributed by atoms with E-state index in [1.165, 1.54) is 0 Å². The van der Waals surface area contributed by atoms with Crippen molar-refractivity contribution in [2.45, 2.75) is 13.3 Å². The summed E-state index contributed by atoms with van der Waals surface area (Å²) in [6.07, 6.45) is 0.656. The van der Waals surface area contributed by atoms with E-state index >= 15 is 0 Å². The zero-order valence-corrected chi connectivity index (χ0v) is 8.49. The van der Waals surface area contributed by atoms with Crippen LogP contribution in [0.5, 0.6) is 0 Å². The Labute approximate surface area is 83.1 Å². The molecule has 0 spiro atoms. The first-order valence-corrected chi connectivity index (χ1v) is 4.74. The van der Waals surface area contributed by atoms with Gasteiger partial charge in [0.25, 0.3) is 0 Å². The topological polar surface area (TPSA) is 69.6 Å². The van der Waals surface area contributed by atoms with Crippen LogP contribution in [-0.4, -0.2) is 42.1 Å². The number of carbonyl (C=O) groups is 2. The van der Waals surface area contributed by atoms with E-state index < -0.39 is 11.9 Å². The average Bonchev–Trinajstić information content (AvgIpc) is 2.15. The van der Waals surface area contributed by atoms with Crippen molar-refractivity contribution in [3.63, 3.8) is 0 Å². The quantitative estimate of drug-likeness (QED) is 0.642. The van der Waals surface area contributed by atoms with Gasteiger partial charge in [-0.05, 0) is 12.3 Å². The van der Waals surface area contributed by atoms with Crippen LogP contribution in [0.3, 0.4) is 0 Å². The van der Waals surface area contributed by atoms with Crippen LogP contribution in [0.25, 0.3) is 0 Å². The van der Waals surface area contributed by atoms with Crippen molar-refractivity contribution >= 4 is 12.0 Å². The second kappa shape index (κ2) is 4.30. The summed E-state index contributed by atoms with van der Waals surface area (Å²) in [6.45, 7) is 2.92. The molecule has 5 heteroatoms. The van der Waals surface area contributed by atoms with E-state index in [0.717, 1.165) is 0 Å². The van der Waals surface area contributed by atoms with Gasteiger partial charge in [-0.25, -0.2) is 4.79 Å². The maximum atomic E-state index is 11.3. The average molecular weight is 200 g/mol. The van der Waals surface area contributed by atoms with Crippen LogP contribution in [0.4, 0.5) is 4.79 Å². The molecular weight excluding hydrogens is 184 g/mol. The molecule has 14 heavy (non-hydrogen) atoms. The Balaban J connectivity index is 2.62. The van der Waals surface area contributed by atoms with Crippen molar-refractivity contribution in [2.75, 3.05) is 20.1 Å². The smallest absolute Gasteiger partial charge is 0.317 e. The molecule has 0 saturated carbocycles. The van der Waals surface area contributed by atoms with Gasteiger partial charge in [-0.3, -0.25) is 4.79 Å². The predicted molar refractivity (Wildman–Crippen MR) is 50.9 cm³/mol. The fourth-order valence-corrected chi connectivity index (χ4v) is 1.85. The van der Waals surface area contributed by atoms with Gasteiger partial charge in [-0.1, -0.05) is 6.92 Å². The number of carbonyl (C=O) groups excluding carboxylic acids is 1. The van der Waals surface area contributed by atoms with Crippen molar-refractivity contribution in [3.05, 3.63) is 0 Å². The third kappa shape index (κ3) is 2.37. The fraction of sp³-hybridized carbons (Fsp3) is 0.778. The predicted octanol–water partition coefficient (Wildman–Crippen LogP) is 0.368. The molecule has 2 unspecified atom stereocenters. The third-order valence-corrected chi connectivity index (χ3v) is 2.51. The molecule has 1 saturated heterocycles. The summed E-state index contributed by atoms with van der Waals surface area (Å²) in [4.78, 5) is 23.7. The van der Waals surface area contributed by atoms with E-state index in [2.05, 4.69) is 5.32 Å². The Morgan fingerprint density at radius 3 is 2.57 bits per heavy atom. The third-order valence-electron chi connectivity index (χ3n) is 2.51. The van der Waals surface area contributed by atoms with Crippen LogP contribution in [0.15, 0.2) is 0 Å². The van der Waals surface area contributed by atoms with E-state index in [1.807, 2.05) is 6.92 Å². The molecule has 0 aromatic heterocycles. The number of likely N-dealkylation sites (tertiary alicyclic amines) is 1. The fourth-order valence-electron chi connectivity index (χ4n) is 1.85. The van der Waals surface area contributed by atoms with Crippen LogP contribution in [0.1, 0.15) is 13.3 Å². The summed E-state index contributed by atoms with van der Waals surface area (Å²) in [5.41, 5.74) is 0. The summed E-state index contributed by atoms with van der Waals surface area (Å²) in [5, 5.41) is 11.4. The zero-order valence-electron chi connectivity index (χ0n) is 8.49.